The Labute approximate surface area is 771 Å². The second-order valence-corrected chi connectivity index (χ2v) is 30.3. The van der Waals surface area contributed by atoms with Gasteiger partial charge in [-0.25, -0.2) is 0 Å². The fourth-order valence-electron chi connectivity index (χ4n) is 12.1. The number of methoxy groups -OCH3 is 4. The smallest absolute Gasteiger partial charge is 0.217 e. The largest absolute Gasteiger partial charge is 0.508 e. The number of nitrogens with one attached hydrogen (secondary N) is 2. The lowest BCUT2D eigenvalue weighted by atomic mass is 10.0. The number of aryl methyl sites for hydroxylation is 8. The topological polar surface area (TPSA) is 160 Å². The van der Waals surface area contributed by atoms with Crippen LogP contribution >= 0.6 is 0 Å². The fraction of sp³-hybridized carbons (Fsp3) is 0.348. The van der Waals surface area contributed by atoms with Crippen LogP contribution in [0, 0.1) is 6.92 Å². The third kappa shape index (κ3) is 52.7. The third-order valence-corrected chi connectivity index (χ3v) is 19.5. The Hall–Kier alpha value is -12.2. The number of fused-ring (bicyclic) bond motifs is 1. The Balaban J connectivity index is 0.000000479. The highest BCUT2D eigenvalue weighted by Crippen LogP contribution is 2.38. The number of hydrogen-bond acceptors (Lipinski definition) is 11. The first kappa shape index (κ1) is 112. The number of ether oxygens (including phenoxy) is 7. The number of Topliss-reactive ketones (excluding diaryl/α,β-unsaturated/α-hetero) is 1. The molecule has 12 aromatic rings. The number of carbonyl (C=O) groups is 3. The van der Waals surface area contributed by atoms with Crippen molar-refractivity contribution in [3.8, 4) is 40.2 Å². The lowest BCUT2D eigenvalue weighted by Crippen LogP contribution is -2.31. The van der Waals surface area contributed by atoms with Gasteiger partial charge in [0.15, 0.2) is 17.3 Å². The molecule has 0 aromatic heterocycles. The van der Waals surface area contributed by atoms with Crippen LogP contribution in [0.4, 0.5) is 0 Å². The molecule has 0 aliphatic rings. The molecule has 12 aromatic carbocycles. The van der Waals surface area contributed by atoms with Gasteiger partial charge in [-0.2, -0.15) is 0 Å². The highest BCUT2D eigenvalue weighted by molar-refractivity contribution is 5.93. The molecule has 2 amide bonds. The van der Waals surface area contributed by atoms with E-state index in [-0.39, 0.29) is 29.7 Å². The molecule has 0 radical (unpaired) electrons. The molecule has 0 spiro atoms. The molecule has 13 heteroatoms. The first-order chi connectivity index (χ1) is 62.0. The van der Waals surface area contributed by atoms with Crippen LogP contribution in [-0.2, 0) is 65.7 Å². The molecule has 12 rings (SSSR count). The Bertz CT molecular complexity index is 4700. The number of rotatable bonds is 31. The summed E-state index contributed by atoms with van der Waals surface area (Å²) >= 11 is 0. The van der Waals surface area contributed by atoms with Gasteiger partial charge < -0.3 is 48.9 Å². The van der Waals surface area contributed by atoms with E-state index in [9.17, 15) is 14.4 Å². The van der Waals surface area contributed by atoms with E-state index in [1.54, 1.807) is 54.4 Å². The molecule has 0 saturated carbocycles. The van der Waals surface area contributed by atoms with E-state index in [0.29, 0.717) is 36.2 Å². The predicted octanol–water partition coefficient (Wildman–Crippen LogP) is 28.3. The molecule has 0 saturated heterocycles. The number of benzene rings is 12. The lowest BCUT2D eigenvalue weighted by molar-refractivity contribution is -0.120. The van der Waals surface area contributed by atoms with Gasteiger partial charge >= 0.3 is 0 Å². The molecule has 13 nitrogen and oxygen atoms in total. The van der Waals surface area contributed by atoms with Crippen molar-refractivity contribution in [3.63, 3.8) is 0 Å². The van der Waals surface area contributed by atoms with Crippen LogP contribution in [0.2, 0.25) is 0 Å². The van der Waals surface area contributed by atoms with Crippen LogP contribution in [-0.4, -0.2) is 83.6 Å². The van der Waals surface area contributed by atoms with Crippen molar-refractivity contribution in [3.05, 3.63) is 370 Å². The summed E-state index contributed by atoms with van der Waals surface area (Å²) in [6, 6.07) is 99.9. The molecule has 0 aliphatic heterocycles. The summed E-state index contributed by atoms with van der Waals surface area (Å²) in [7, 11) is 6.52. The van der Waals surface area contributed by atoms with Gasteiger partial charge in [0.25, 0.3) is 0 Å². The van der Waals surface area contributed by atoms with Crippen LogP contribution < -0.4 is 39.1 Å². The van der Waals surface area contributed by atoms with Crippen LogP contribution in [0.15, 0.2) is 303 Å². The van der Waals surface area contributed by atoms with Crippen molar-refractivity contribution in [1.29, 1.82) is 0 Å². The zero-order valence-corrected chi connectivity index (χ0v) is 80.9. The van der Waals surface area contributed by atoms with E-state index < -0.39 is 0 Å². The molecule has 0 heterocycles. The fourth-order valence-corrected chi connectivity index (χ4v) is 12.1. The number of hydrogen-bond donors (Lipinski definition) is 3. The number of phenolic OH excluding ortho intramolecular Hbond substituents is 1. The monoisotopic (exact) mass is 1740 g/mol. The molecule has 0 aliphatic carbocycles. The minimum Gasteiger partial charge on any atom is -0.508 e. The summed E-state index contributed by atoms with van der Waals surface area (Å²) < 4.78 is 37.1. The van der Waals surface area contributed by atoms with Gasteiger partial charge in [-0.15, -0.1) is 0 Å². The molecule has 688 valence electrons. The highest BCUT2D eigenvalue weighted by atomic mass is 16.5. The van der Waals surface area contributed by atoms with Crippen LogP contribution in [0.25, 0.3) is 16.8 Å². The van der Waals surface area contributed by atoms with Gasteiger partial charge in [0, 0.05) is 32.6 Å². The van der Waals surface area contributed by atoms with Gasteiger partial charge in [-0.3, -0.25) is 14.4 Å². The number of aromatic hydroxyl groups is 1. The molecule has 3 N–H and O–H groups in total. The Kier molecular flexibility index (Phi) is 62.8. The average molecular weight is 1740 g/mol. The van der Waals surface area contributed by atoms with Gasteiger partial charge in [0.1, 0.15) is 29.6 Å². The average Bonchev–Trinajstić information content (AvgIpc) is 0.832. The highest BCUT2D eigenvalue weighted by Gasteiger charge is 2.13. The molecule has 2 unspecified atom stereocenters. The minimum absolute atomic E-state index is 0.00588. The number of allylic oxidation sites excluding steroid dienone is 1. The quantitative estimate of drug-likeness (QED) is 0.0280. The summed E-state index contributed by atoms with van der Waals surface area (Å²) in [6.45, 7) is 35.0. The number of ketones is 1. The zero-order chi connectivity index (χ0) is 94.2. The number of phenols is 1. The first-order valence-corrected chi connectivity index (χ1v) is 45.6. The predicted molar refractivity (Wildman–Crippen MR) is 541 cm³/mol. The normalized spacial score (nSPS) is 10.3. The van der Waals surface area contributed by atoms with Gasteiger partial charge in [0.05, 0.1) is 47.2 Å². The van der Waals surface area contributed by atoms with E-state index in [2.05, 4.69) is 238 Å². The molecular weight excluding hydrogens is 1590 g/mol. The van der Waals surface area contributed by atoms with Gasteiger partial charge in [-0.1, -0.05) is 342 Å². The first-order valence-electron chi connectivity index (χ1n) is 45.6. The van der Waals surface area contributed by atoms with Crippen molar-refractivity contribution in [1.82, 2.24) is 10.6 Å². The summed E-state index contributed by atoms with van der Waals surface area (Å²) in [4.78, 5) is 32.1. The minimum atomic E-state index is 0.00588. The maximum absolute atomic E-state index is 10.7. The van der Waals surface area contributed by atoms with E-state index in [4.69, 9.17) is 38.3 Å². The third-order valence-electron chi connectivity index (χ3n) is 19.5. The Morgan fingerprint density at radius 3 is 1.17 bits per heavy atom. The van der Waals surface area contributed by atoms with Gasteiger partial charge in [-0.05, 0) is 226 Å². The SMILES string of the molecule is C/C=C/c1ccc(OCCCC)cc1.CC(=O)NC(C)Cc1ccccc1.CC(=O)NC(C)c1ccccc1.CC(=O)c1ccccc1.CCCCOc1ccc(CCC)cc1.CCCc1ccc2ccccc2c1.CCc1cc(OC)c(OC)c(OC)c1.CCc1ccc(C)cc1.CCc1ccc(O)cc1.CCc1ccc(OCCOC)cc1.CCc1ccccc1. The second-order valence-electron chi connectivity index (χ2n) is 30.3. The molecular formula is C115H152N2O11. The summed E-state index contributed by atoms with van der Waals surface area (Å²) in [5.74, 6) is 5.44. The molecule has 2 atom stereocenters. The standard InChI is InChI=1S/C13H20O.C13H18O.C13H14.C11H15NO.C11H16O3.C11H16O2.C10H13NO.C9H12.C8H8O.C8H10O.C8H10/c2*1-3-5-11-14-13-9-7-12(6-4-2)8-10-13;1-2-5-11-8-9-12-6-3-4-7-13(12)10-11;1-9(12-10(2)13)8-11-6-4-3-5-7-11;1-5-8-6-9(12-2)11(14-4)10(7-8)13-3;1-3-10-4-6-11(7-5-10)13-9-8-12-2;1-8(11-9(2)12)10-6-4-3-5-7-10;1-3-9-6-4-8(2)5-7-9;1-7(9)8-5-3-2-4-6-8;1-2-7-3-5-8(9)6-4-7;1-2-8-6-4-3-5-7-8/h7-10H,3-6,11H2,1-2H3;4,6-10H,3,5,11H2,1-2H3;3-4,6-10H,2,5H2,1H3;3-7,9H,8H2,1-2H3,(H,12,13);6-7H,5H2,1-4H3;4-7H,3,8-9H2,1-2H3;3-8H,1-2H3,(H,11,12);4-7H,3H2,1-2H3;2-6H,1H3;3-6,9H,2H2,1H3;3-7H,2H2,1H3/b;6-4+;;;;;;;;;. The van der Waals surface area contributed by atoms with Gasteiger partial charge in [0.2, 0.25) is 17.6 Å². The maximum atomic E-state index is 10.7. The number of unbranched alkanes of at least 4 members (excludes halogenated alkanes) is 2. The van der Waals surface area contributed by atoms with E-state index >= 15 is 0 Å². The van der Waals surface area contributed by atoms with Crippen molar-refractivity contribution >= 4 is 34.4 Å². The van der Waals surface area contributed by atoms with Crippen molar-refractivity contribution in [2.75, 3.05) is 54.9 Å². The summed E-state index contributed by atoms with van der Waals surface area (Å²) in [5.41, 5.74) is 15.1. The molecule has 0 fully saturated rings. The van der Waals surface area contributed by atoms with Crippen molar-refractivity contribution in [2.45, 2.75) is 213 Å². The number of carbonyl (C=O) groups excluding carboxylic acids is 3. The molecule has 0 bridgehead atoms. The summed E-state index contributed by atoms with van der Waals surface area (Å²) in [5, 5.41) is 17.2. The van der Waals surface area contributed by atoms with Crippen LogP contribution in [0.3, 0.4) is 0 Å². The molecule has 128 heavy (non-hydrogen) atoms. The van der Waals surface area contributed by atoms with Crippen LogP contribution in [0.5, 0.6) is 40.2 Å². The van der Waals surface area contributed by atoms with Crippen LogP contribution in [0.1, 0.15) is 220 Å². The van der Waals surface area contributed by atoms with E-state index in [1.807, 2.05) is 160 Å². The zero-order valence-electron chi connectivity index (χ0n) is 80.9. The van der Waals surface area contributed by atoms with E-state index in [0.717, 1.165) is 99.4 Å². The van der Waals surface area contributed by atoms with Crippen molar-refractivity contribution < 1.29 is 52.6 Å². The Morgan fingerprint density at radius 1 is 0.375 bits per heavy atom. The van der Waals surface area contributed by atoms with Crippen molar-refractivity contribution in [2.24, 2.45) is 0 Å². The lowest BCUT2D eigenvalue weighted by Gasteiger charge is -2.13. The number of amides is 2. The second kappa shape index (κ2) is 71.9. The maximum Gasteiger partial charge on any atom is 0.217 e. The summed E-state index contributed by atoms with van der Waals surface area (Å²) in [6.07, 6.45) is 19.7. The Morgan fingerprint density at radius 2 is 0.766 bits per heavy atom. The van der Waals surface area contributed by atoms with E-state index in [1.165, 1.54) is 105 Å².